The number of hydrogen-bond acceptors (Lipinski definition) is 5. The van der Waals surface area contributed by atoms with Gasteiger partial charge in [0, 0.05) is 5.75 Å². The molecule has 0 aliphatic carbocycles. The second-order valence-corrected chi connectivity index (χ2v) is 3.69. The fourth-order valence-corrected chi connectivity index (χ4v) is 0.234. The van der Waals surface area contributed by atoms with Crippen LogP contribution < -0.4 is 5.73 Å². The molecule has 0 radical (unpaired) electrons. The highest BCUT2D eigenvalue weighted by molar-refractivity contribution is 7.85. The van der Waals surface area contributed by atoms with Crippen LogP contribution in [-0.2, 0) is 14.9 Å². The largest absolute Gasteiger partial charge is 0.480 e. The molecule has 0 spiro atoms. The average molecular weight is 217 g/mol. The normalized spacial score (nSPS) is 12.7. The molecule has 1 atom stereocenters. The summed E-state index contributed by atoms with van der Waals surface area (Å²) in [5.74, 6) is -0.815. The summed E-state index contributed by atoms with van der Waals surface area (Å²) in [5.41, 5.74) is 4.94. The lowest BCUT2D eigenvalue weighted by Crippen LogP contribution is -2.31. The maximum absolute atomic E-state index is 9.76. The minimum Gasteiger partial charge on any atom is -0.480 e. The van der Waals surface area contributed by atoms with Crippen LogP contribution in [-0.4, -0.2) is 42.1 Å². The summed E-state index contributed by atoms with van der Waals surface area (Å²) < 4.78 is 25.9. The number of aliphatic carboxylic acids is 1. The molecule has 0 saturated carbocycles. The van der Waals surface area contributed by atoms with Crippen LogP contribution in [0.25, 0.3) is 0 Å². The molecule has 0 rings (SSSR count). The fraction of sp³-hybridized carbons (Fsp3) is 0.750. The van der Waals surface area contributed by atoms with E-state index in [0.717, 1.165) is 0 Å². The molecule has 0 saturated heterocycles. The zero-order chi connectivity index (χ0) is 10.4. The molecule has 12 heavy (non-hydrogen) atoms. The predicted molar refractivity (Wildman–Crippen MR) is 46.9 cm³/mol. The first-order valence-corrected chi connectivity index (χ1v) is 5.18. The van der Waals surface area contributed by atoms with Crippen molar-refractivity contribution in [2.75, 3.05) is 12.0 Å². The highest BCUT2D eigenvalue weighted by Crippen LogP contribution is 1.80. The second-order valence-electron chi connectivity index (χ2n) is 1.86. The third-order valence-electron chi connectivity index (χ3n) is 0.514. The first kappa shape index (κ1) is 14.2. The minimum atomic E-state index is -3.67. The number of carboxylic acids is 1. The molecule has 4 N–H and O–H groups in total. The molecule has 0 bridgehead atoms. The van der Waals surface area contributed by atoms with E-state index in [4.69, 9.17) is 15.4 Å². The zero-order valence-corrected chi connectivity index (χ0v) is 8.05. The number of carbonyl (C=O) groups is 1. The summed E-state index contributed by atoms with van der Waals surface area (Å²) in [7, 11) is -3.67. The van der Waals surface area contributed by atoms with E-state index in [-0.39, 0.29) is 5.75 Å². The summed E-state index contributed by atoms with van der Waals surface area (Å²) in [5, 5.41) is 8.01. The molecule has 0 amide bonds. The maximum Gasteiger partial charge on any atom is 0.321 e. The summed E-state index contributed by atoms with van der Waals surface area (Å²) in [4.78, 5) is 9.76. The summed E-state index contributed by atoms with van der Waals surface area (Å²) in [6.07, 6.45) is 0.715. The van der Waals surface area contributed by atoms with Gasteiger partial charge in [-0.15, -0.1) is 0 Å². The standard InChI is InChI=1S/C3H7NO2S.CH4O3S/c4-2(1-7)3(5)6;1-5(2,3)4/h2,7H,1,4H2,(H,5,6);1H3,(H,2,3,4)/t2-;/m0./s1. The third-order valence-corrected chi connectivity index (χ3v) is 0.907. The topological polar surface area (TPSA) is 118 Å². The maximum atomic E-state index is 9.76. The third kappa shape index (κ3) is 22.6. The smallest absolute Gasteiger partial charge is 0.321 e. The van der Waals surface area contributed by atoms with Crippen molar-refractivity contribution in [2.45, 2.75) is 6.04 Å². The van der Waals surface area contributed by atoms with E-state index in [0.29, 0.717) is 6.26 Å². The van der Waals surface area contributed by atoms with E-state index in [2.05, 4.69) is 12.6 Å². The summed E-state index contributed by atoms with van der Waals surface area (Å²) in [6.45, 7) is 0. The van der Waals surface area contributed by atoms with Crippen molar-refractivity contribution in [3.8, 4) is 0 Å². The molecular weight excluding hydrogens is 206 g/mol. The van der Waals surface area contributed by atoms with E-state index in [1.54, 1.807) is 0 Å². The van der Waals surface area contributed by atoms with E-state index < -0.39 is 22.1 Å². The van der Waals surface area contributed by atoms with E-state index in [1.165, 1.54) is 0 Å². The van der Waals surface area contributed by atoms with Gasteiger partial charge in [0.1, 0.15) is 6.04 Å². The van der Waals surface area contributed by atoms with Crippen LogP contribution >= 0.6 is 12.6 Å². The van der Waals surface area contributed by atoms with Gasteiger partial charge < -0.3 is 10.8 Å². The van der Waals surface area contributed by atoms with Gasteiger partial charge in [-0.3, -0.25) is 9.35 Å². The molecule has 0 aliphatic rings. The molecule has 0 aromatic rings. The predicted octanol–water partition coefficient (Wildman–Crippen LogP) is -1.17. The van der Waals surface area contributed by atoms with Gasteiger partial charge in [-0.2, -0.15) is 21.0 Å². The van der Waals surface area contributed by atoms with Crippen molar-refractivity contribution >= 4 is 28.7 Å². The Morgan fingerprint density at radius 1 is 1.67 bits per heavy atom. The highest BCUT2D eigenvalue weighted by atomic mass is 32.2. The highest BCUT2D eigenvalue weighted by Gasteiger charge is 2.06. The van der Waals surface area contributed by atoms with Crippen molar-refractivity contribution in [3.63, 3.8) is 0 Å². The molecule has 0 fully saturated rings. The van der Waals surface area contributed by atoms with Gasteiger partial charge in [-0.05, 0) is 0 Å². The lowest BCUT2D eigenvalue weighted by molar-refractivity contribution is -0.137. The number of carboxylic acid groups (broad SMARTS) is 1. The van der Waals surface area contributed by atoms with Crippen LogP contribution in [0.2, 0.25) is 0 Å². The molecule has 0 aliphatic heterocycles. The second kappa shape index (κ2) is 6.23. The number of nitrogens with two attached hydrogens (primary N) is 1. The molecule has 6 nitrogen and oxygen atoms in total. The van der Waals surface area contributed by atoms with E-state index in [1.807, 2.05) is 0 Å². The Morgan fingerprint density at radius 2 is 1.92 bits per heavy atom. The number of thiol groups is 1. The lowest BCUT2D eigenvalue weighted by atomic mass is 10.4. The lowest BCUT2D eigenvalue weighted by Gasteiger charge is -1.96. The van der Waals surface area contributed by atoms with Gasteiger partial charge in [0.05, 0.1) is 6.26 Å². The SMILES string of the molecule is CS(=O)(=O)O.N[C@@H](CS)C(=O)O. The molecular formula is C4H11NO5S2. The fourth-order valence-electron chi connectivity index (χ4n) is 0.0781. The van der Waals surface area contributed by atoms with Gasteiger partial charge in [0.25, 0.3) is 10.1 Å². The molecule has 0 aromatic heterocycles. The molecule has 0 aromatic carbocycles. The van der Waals surface area contributed by atoms with Gasteiger partial charge in [0.2, 0.25) is 0 Å². The van der Waals surface area contributed by atoms with Crippen molar-refractivity contribution in [1.29, 1.82) is 0 Å². The van der Waals surface area contributed by atoms with Crippen LogP contribution in [0, 0.1) is 0 Å². The zero-order valence-electron chi connectivity index (χ0n) is 6.34. The van der Waals surface area contributed by atoms with Gasteiger partial charge in [-0.1, -0.05) is 0 Å². The van der Waals surface area contributed by atoms with Crippen LogP contribution in [0.3, 0.4) is 0 Å². The quantitative estimate of drug-likeness (QED) is 0.342. The van der Waals surface area contributed by atoms with Crippen molar-refractivity contribution in [2.24, 2.45) is 5.73 Å². The van der Waals surface area contributed by atoms with Gasteiger partial charge >= 0.3 is 5.97 Å². The van der Waals surface area contributed by atoms with Crippen LogP contribution in [0.4, 0.5) is 0 Å². The monoisotopic (exact) mass is 217 g/mol. The van der Waals surface area contributed by atoms with Gasteiger partial charge in [-0.25, -0.2) is 0 Å². The Hall–Kier alpha value is -0.310. The molecule has 0 heterocycles. The first-order chi connectivity index (χ1) is 5.18. The number of rotatable bonds is 2. The van der Waals surface area contributed by atoms with E-state index >= 15 is 0 Å². The Balaban J connectivity index is 0. The summed E-state index contributed by atoms with van der Waals surface area (Å²) in [6, 6.07) is -0.816. The van der Waals surface area contributed by atoms with Crippen molar-refractivity contribution in [1.82, 2.24) is 0 Å². The number of hydrogen-bond donors (Lipinski definition) is 4. The Labute approximate surface area is 75.9 Å². The summed E-state index contributed by atoms with van der Waals surface area (Å²) >= 11 is 3.65. The van der Waals surface area contributed by atoms with Crippen molar-refractivity contribution < 1.29 is 22.9 Å². The molecule has 0 unspecified atom stereocenters. The molecule has 8 heteroatoms. The van der Waals surface area contributed by atoms with Crippen molar-refractivity contribution in [3.05, 3.63) is 0 Å². The Morgan fingerprint density at radius 3 is 1.92 bits per heavy atom. The Bertz CT molecular complexity index is 216. The minimum absolute atomic E-state index is 0.190. The molecule has 74 valence electrons. The first-order valence-electron chi connectivity index (χ1n) is 2.70. The average Bonchev–Trinajstić information content (AvgIpc) is 1.82. The van der Waals surface area contributed by atoms with Crippen LogP contribution in [0.15, 0.2) is 0 Å². The Kier molecular flexibility index (Phi) is 7.39. The van der Waals surface area contributed by atoms with Crippen LogP contribution in [0.5, 0.6) is 0 Å². The van der Waals surface area contributed by atoms with E-state index in [9.17, 15) is 13.2 Å². The van der Waals surface area contributed by atoms with Crippen LogP contribution in [0.1, 0.15) is 0 Å². The van der Waals surface area contributed by atoms with Gasteiger partial charge in [0.15, 0.2) is 0 Å².